The summed E-state index contributed by atoms with van der Waals surface area (Å²) in [6.07, 6.45) is 2.08. The first-order chi connectivity index (χ1) is 15.4. The van der Waals surface area contributed by atoms with E-state index < -0.39 is 11.6 Å². The zero-order valence-corrected chi connectivity index (χ0v) is 16.9. The van der Waals surface area contributed by atoms with Crippen LogP contribution in [-0.2, 0) is 10.3 Å². The van der Waals surface area contributed by atoms with Crippen molar-refractivity contribution in [1.82, 2.24) is 24.8 Å². The predicted octanol–water partition coefficient (Wildman–Crippen LogP) is 2.44. The molecule has 4 aromatic rings. The zero-order valence-electron chi connectivity index (χ0n) is 16.9. The van der Waals surface area contributed by atoms with E-state index >= 15 is 0 Å². The number of fused-ring (bicyclic) bond motifs is 1. The van der Waals surface area contributed by atoms with Crippen molar-refractivity contribution in [3.05, 3.63) is 65.9 Å². The minimum absolute atomic E-state index is 0.107. The standard InChI is InChI=1S/C21H18N6O5/c1-12-5-6-13(17-24-19(32-26-17)21(10-31-11-21)25-20(29)30)8-14(12)23-18(28)15-9-22-16-4-2-3-7-27(15)16/h2-9,25H,10-11H2,1H3,(H,23,28)(H,29,30). The first-order valence-corrected chi connectivity index (χ1v) is 9.73. The van der Waals surface area contributed by atoms with Crippen LogP contribution in [0, 0.1) is 6.92 Å². The molecule has 4 heterocycles. The molecule has 5 rings (SSSR count). The number of aromatic nitrogens is 4. The Bertz CT molecular complexity index is 1340. The van der Waals surface area contributed by atoms with Gasteiger partial charge in [0.05, 0.1) is 19.4 Å². The Balaban J connectivity index is 1.42. The minimum Gasteiger partial charge on any atom is -0.465 e. The number of rotatable bonds is 5. The van der Waals surface area contributed by atoms with E-state index in [1.54, 1.807) is 22.7 Å². The average molecular weight is 434 g/mol. The third kappa shape index (κ3) is 3.34. The van der Waals surface area contributed by atoms with E-state index in [2.05, 4.69) is 25.8 Å². The van der Waals surface area contributed by atoms with E-state index in [9.17, 15) is 9.59 Å². The average Bonchev–Trinajstić information content (AvgIpc) is 3.40. The van der Waals surface area contributed by atoms with Crippen LogP contribution in [0.5, 0.6) is 0 Å². The lowest BCUT2D eigenvalue weighted by molar-refractivity contribution is -0.0887. The summed E-state index contributed by atoms with van der Waals surface area (Å²) in [6, 6.07) is 10.8. The number of carboxylic acid groups (broad SMARTS) is 1. The van der Waals surface area contributed by atoms with Crippen LogP contribution in [0.4, 0.5) is 10.5 Å². The van der Waals surface area contributed by atoms with Gasteiger partial charge in [0.15, 0.2) is 5.54 Å². The van der Waals surface area contributed by atoms with Crippen LogP contribution in [0.3, 0.4) is 0 Å². The van der Waals surface area contributed by atoms with Crippen LogP contribution in [0.15, 0.2) is 53.3 Å². The van der Waals surface area contributed by atoms with E-state index in [1.807, 2.05) is 31.2 Å². The highest BCUT2D eigenvalue weighted by Gasteiger charge is 2.47. The maximum absolute atomic E-state index is 12.9. The van der Waals surface area contributed by atoms with Crippen molar-refractivity contribution in [1.29, 1.82) is 0 Å². The molecule has 1 aliphatic rings. The highest BCUT2D eigenvalue weighted by Crippen LogP contribution is 2.31. The lowest BCUT2D eigenvalue weighted by Gasteiger charge is -2.37. The molecule has 0 unspecified atom stereocenters. The molecule has 162 valence electrons. The second kappa shape index (κ2) is 7.46. The lowest BCUT2D eigenvalue weighted by Crippen LogP contribution is -2.59. The van der Waals surface area contributed by atoms with Gasteiger partial charge in [0.1, 0.15) is 11.3 Å². The Morgan fingerprint density at radius 3 is 2.81 bits per heavy atom. The van der Waals surface area contributed by atoms with Crippen LogP contribution in [-0.4, -0.2) is 49.8 Å². The minimum atomic E-state index is -1.21. The summed E-state index contributed by atoms with van der Waals surface area (Å²) < 4.78 is 12.2. The highest BCUT2D eigenvalue weighted by molar-refractivity contribution is 6.04. The third-order valence-corrected chi connectivity index (χ3v) is 5.27. The fraction of sp³-hybridized carbons (Fsp3) is 0.190. The summed E-state index contributed by atoms with van der Waals surface area (Å²) in [4.78, 5) is 32.6. The van der Waals surface area contributed by atoms with Crippen molar-refractivity contribution in [2.75, 3.05) is 18.5 Å². The molecule has 3 aromatic heterocycles. The van der Waals surface area contributed by atoms with E-state index in [4.69, 9.17) is 14.4 Å². The van der Waals surface area contributed by atoms with Gasteiger partial charge in [0.25, 0.3) is 11.8 Å². The van der Waals surface area contributed by atoms with Gasteiger partial charge in [-0.15, -0.1) is 0 Å². The predicted molar refractivity (Wildman–Crippen MR) is 111 cm³/mol. The maximum Gasteiger partial charge on any atom is 0.405 e. The molecule has 1 aliphatic heterocycles. The van der Waals surface area contributed by atoms with E-state index in [0.29, 0.717) is 22.6 Å². The summed E-state index contributed by atoms with van der Waals surface area (Å²) in [5.41, 5.74) is 2.04. The van der Waals surface area contributed by atoms with Crippen molar-refractivity contribution in [2.45, 2.75) is 12.5 Å². The first-order valence-electron chi connectivity index (χ1n) is 9.73. The number of pyridine rings is 1. The number of benzene rings is 1. The van der Waals surface area contributed by atoms with Crippen LogP contribution >= 0.6 is 0 Å². The topological polar surface area (TPSA) is 144 Å². The fourth-order valence-electron chi connectivity index (χ4n) is 3.48. The van der Waals surface area contributed by atoms with Gasteiger partial charge in [0, 0.05) is 17.4 Å². The first kappa shape index (κ1) is 19.7. The van der Waals surface area contributed by atoms with Gasteiger partial charge in [-0.2, -0.15) is 4.98 Å². The molecule has 0 radical (unpaired) electrons. The van der Waals surface area contributed by atoms with Crippen molar-refractivity contribution < 1.29 is 24.0 Å². The lowest BCUT2D eigenvalue weighted by atomic mass is 9.97. The number of ether oxygens (including phenoxy) is 1. The second-order valence-corrected chi connectivity index (χ2v) is 7.48. The molecule has 11 nitrogen and oxygen atoms in total. The molecule has 1 saturated heterocycles. The molecule has 3 N–H and O–H groups in total. The molecule has 0 bridgehead atoms. The molecule has 0 atom stereocenters. The molecule has 32 heavy (non-hydrogen) atoms. The van der Waals surface area contributed by atoms with Crippen LogP contribution in [0.1, 0.15) is 21.9 Å². The van der Waals surface area contributed by atoms with Gasteiger partial charge in [0.2, 0.25) is 5.82 Å². The molecule has 11 heteroatoms. The Hall–Kier alpha value is -4.25. The van der Waals surface area contributed by atoms with Gasteiger partial charge in [-0.1, -0.05) is 23.4 Å². The Kier molecular flexibility index (Phi) is 4.59. The summed E-state index contributed by atoms with van der Waals surface area (Å²) >= 11 is 0. The number of carbonyl (C=O) groups is 2. The number of hydrogen-bond donors (Lipinski definition) is 3. The zero-order chi connectivity index (χ0) is 22.3. The number of nitrogens with one attached hydrogen (secondary N) is 2. The van der Waals surface area contributed by atoms with Crippen molar-refractivity contribution >= 4 is 23.3 Å². The summed E-state index contributed by atoms with van der Waals surface area (Å²) in [5, 5.41) is 18.4. The summed E-state index contributed by atoms with van der Waals surface area (Å²) in [6.45, 7) is 2.08. The second-order valence-electron chi connectivity index (χ2n) is 7.48. The molecular weight excluding hydrogens is 416 g/mol. The Morgan fingerprint density at radius 1 is 1.22 bits per heavy atom. The molecule has 0 saturated carbocycles. The van der Waals surface area contributed by atoms with Gasteiger partial charge in [-0.25, -0.2) is 9.78 Å². The van der Waals surface area contributed by atoms with Crippen molar-refractivity contribution in [2.24, 2.45) is 0 Å². The Morgan fingerprint density at radius 2 is 2.06 bits per heavy atom. The smallest absolute Gasteiger partial charge is 0.405 e. The molecule has 0 spiro atoms. The fourth-order valence-corrected chi connectivity index (χ4v) is 3.48. The molecular formula is C21H18N6O5. The van der Waals surface area contributed by atoms with Crippen LogP contribution < -0.4 is 10.6 Å². The monoisotopic (exact) mass is 434 g/mol. The van der Waals surface area contributed by atoms with E-state index in [1.165, 1.54) is 6.20 Å². The number of amides is 2. The Labute approximate surface area is 181 Å². The quantitative estimate of drug-likeness (QED) is 0.434. The molecule has 0 aliphatic carbocycles. The van der Waals surface area contributed by atoms with E-state index in [0.717, 1.165) is 5.56 Å². The third-order valence-electron chi connectivity index (χ3n) is 5.27. The number of nitrogens with zero attached hydrogens (tertiary/aromatic N) is 4. The number of aryl methyl sites for hydroxylation is 1. The van der Waals surface area contributed by atoms with Gasteiger partial charge < -0.3 is 25.0 Å². The van der Waals surface area contributed by atoms with Gasteiger partial charge in [-0.05, 0) is 30.7 Å². The number of anilines is 1. The largest absolute Gasteiger partial charge is 0.465 e. The molecule has 2 amide bonds. The molecule has 1 fully saturated rings. The summed E-state index contributed by atoms with van der Waals surface area (Å²) in [5.74, 6) is 0.0794. The maximum atomic E-state index is 12.9. The SMILES string of the molecule is Cc1ccc(-c2noc(C3(NC(=O)O)COC3)n2)cc1NC(=O)c1cnc2ccccn12. The van der Waals surface area contributed by atoms with Crippen molar-refractivity contribution in [3.63, 3.8) is 0 Å². The van der Waals surface area contributed by atoms with E-state index in [-0.39, 0.29) is 30.8 Å². The number of imidazole rings is 1. The molecule has 1 aromatic carbocycles. The van der Waals surface area contributed by atoms with Gasteiger partial charge in [-0.3, -0.25) is 9.20 Å². The summed E-state index contributed by atoms with van der Waals surface area (Å²) in [7, 11) is 0. The van der Waals surface area contributed by atoms with Gasteiger partial charge >= 0.3 is 6.09 Å². The number of hydrogen-bond acceptors (Lipinski definition) is 7. The normalized spacial score (nSPS) is 14.7. The van der Waals surface area contributed by atoms with Crippen LogP contribution in [0.2, 0.25) is 0 Å². The highest BCUT2D eigenvalue weighted by atomic mass is 16.5. The van der Waals surface area contributed by atoms with Crippen molar-refractivity contribution in [3.8, 4) is 11.4 Å². The number of carbonyl (C=O) groups excluding carboxylic acids is 1. The van der Waals surface area contributed by atoms with Crippen LogP contribution in [0.25, 0.3) is 17.0 Å².